The van der Waals surface area contributed by atoms with Crippen molar-refractivity contribution in [3.05, 3.63) is 71.3 Å². The lowest BCUT2D eigenvalue weighted by molar-refractivity contribution is -0.119. The topological polar surface area (TPSA) is 49.4 Å². The SMILES string of the molecule is O=C(Nc1cccc(N2CCCCC2=O)c1)c1ccc2c3c(cccc13)CC2. The van der Waals surface area contributed by atoms with E-state index >= 15 is 0 Å². The van der Waals surface area contributed by atoms with Gasteiger partial charge in [0.2, 0.25) is 5.91 Å². The fourth-order valence-corrected chi connectivity index (χ4v) is 4.47. The third-order valence-corrected chi connectivity index (χ3v) is 5.86. The van der Waals surface area contributed by atoms with Gasteiger partial charge in [0.15, 0.2) is 0 Å². The highest BCUT2D eigenvalue weighted by Crippen LogP contribution is 2.33. The van der Waals surface area contributed by atoms with Crippen LogP contribution in [0.15, 0.2) is 54.6 Å². The van der Waals surface area contributed by atoms with Crippen LogP contribution in [0.5, 0.6) is 0 Å². The van der Waals surface area contributed by atoms with Crippen molar-refractivity contribution < 1.29 is 9.59 Å². The maximum atomic E-state index is 13.0. The van der Waals surface area contributed by atoms with Gasteiger partial charge in [0.05, 0.1) is 0 Å². The zero-order valence-electron chi connectivity index (χ0n) is 15.7. The van der Waals surface area contributed by atoms with Crippen molar-refractivity contribution in [1.82, 2.24) is 0 Å². The molecule has 4 heteroatoms. The minimum absolute atomic E-state index is 0.113. The number of carbonyl (C=O) groups is 2. The molecule has 0 radical (unpaired) electrons. The molecule has 2 amide bonds. The molecule has 0 spiro atoms. The first-order chi connectivity index (χ1) is 13.7. The Labute approximate surface area is 164 Å². The first kappa shape index (κ1) is 17.0. The van der Waals surface area contributed by atoms with Crippen LogP contribution in [-0.2, 0) is 17.6 Å². The van der Waals surface area contributed by atoms with E-state index in [2.05, 4.69) is 17.4 Å². The minimum Gasteiger partial charge on any atom is -0.322 e. The molecule has 1 aliphatic heterocycles. The van der Waals surface area contributed by atoms with Gasteiger partial charge in [-0.25, -0.2) is 0 Å². The monoisotopic (exact) mass is 370 g/mol. The predicted molar refractivity (Wildman–Crippen MR) is 112 cm³/mol. The maximum absolute atomic E-state index is 13.0. The fraction of sp³-hybridized carbons (Fsp3) is 0.250. The third-order valence-electron chi connectivity index (χ3n) is 5.86. The number of anilines is 2. The first-order valence-corrected chi connectivity index (χ1v) is 9.96. The maximum Gasteiger partial charge on any atom is 0.256 e. The van der Waals surface area contributed by atoms with Crippen molar-refractivity contribution in [2.45, 2.75) is 32.1 Å². The van der Waals surface area contributed by atoms with Gasteiger partial charge in [-0.15, -0.1) is 0 Å². The van der Waals surface area contributed by atoms with Gasteiger partial charge in [-0.3, -0.25) is 9.59 Å². The zero-order chi connectivity index (χ0) is 19.1. The molecule has 0 unspecified atom stereocenters. The molecule has 28 heavy (non-hydrogen) atoms. The summed E-state index contributed by atoms with van der Waals surface area (Å²) in [7, 11) is 0. The fourth-order valence-electron chi connectivity index (χ4n) is 4.47. The van der Waals surface area contributed by atoms with Crippen LogP contribution in [0.3, 0.4) is 0 Å². The Balaban J connectivity index is 1.45. The Bertz CT molecular complexity index is 1090. The number of rotatable bonds is 3. The molecule has 1 fully saturated rings. The van der Waals surface area contributed by atoms with E-state index in [0.29, 0.717) is 17.7 Å². The molecule has 0 bridgehead atoms. The summed E-state index contributed by atoms with van der Waals surface area (Å²) in [6.07, 6.45) is 4.66. The Morgan fingerprint density at radius 1 is 0.893 bits per heavy atom. The molecule has 1 N–H and O–H groups in total. The van der Waals surface area contributed by atoms with Crippen LogP contribution in [0.25, 0.3) is 10.8 Å². The number of benzene rings is 3. The van der Waals surface area contributed by atoms with E-state index in [4.69, 9.17) is 0 Å². The summed E-state index contributed by atoms with van der Waals surface area (Å²) in [5.41, 5.74) is 4.91. The second-order valence-electron chi connectivity index (χ2n) is 7.62. The Morgan fingerprint density at radius 3 is 2.57 bits per heavy atom. The van der Waals surface area contributed by atoms with Crippen molar-refractivity contribution >= 4 is 34.0 Å². The highest BCUT2D eigenvalue weighted by Gasteiger charge is 2.21. The van der Waals surface area contributed by atoms with Crippen LogP contribution in [0, 0.1) is 0 Å². The molecule has 3 aromatic rings. The quantitative estimate of drug-likeness (QED) is 0.726. The predicted octanol–water partition coefficient (Wildman–Crippen LogP) is 4.71. The number of nitrogens with one attached hydrogen (secondary N) is 1. The number of hydrogen-bond acceptors (Lipinski definition) is 2. The minimum atomic E-state index is -0.113. The van der Waals surface area contributed by atoms with Crippen LogP contribution in [0.4, 0.5) is 11.4 Å². The van der Waals surface area contributed by atoms with E-state index in [1.165, 1.54) is 16.5 Å². The number of nitrogens with zero attached hydrogens (tertiary/aromatic N) is 1. The van der Waals surface area contributed by atoms with Crippen molar-refractivity contribution in [3.8, 4) is 0 Å². The number of piperidine rings is 1. The summed E-state index contributed by atoms with van der Waals surface area (Å²) in [5.74, 6) is 0.0416. The Morgan fingerprint density at radius 2 is 1.71 bits per heavy atom. The average molecular weight is 370 g/mol. The van der Waals surface area contributed by atoms with Crippen molar-refractivity contribution in [1.29, 1.82) is 0 Å². The summed E-state index contributed by atoms with van der Waals surface area (Å²) >= 11 is 0. The van der Waals surface area contributed by atoms with Crippen LogP contribution >= 0.6 is 0 Å². The molecule has 0 saturated carbocycles. The number of carbonyl (C=O) groups excluding carboxylic acids is 2. The number of aryl methyl sites for hydroxylation is 2. The summed E-state index contributed by atoms with van der Waals surface area (Å²) in [6.45, 7) is 0.741. The van der Waals surface area contributed by atoms with Crippen LogP contribution in [0.1, 0.15) is 40.7 Å². The van der Waals surface area contributed by atoms with Gasteiger partial charge < -0.3 is 10.2 Å². The summed E-state index contributed by atoms with van der Waals surface area (Å²) in [6, 6.07) is 17.8. The normalized spacial score (nSPS) is 15.9. The van der Waals surface area contributed by atoms with Gasteiger partial charge in [-0.05, 0) is 71.8 Å². The molecule has 1 saturated heterocycles. The standard InChI is InChI=1S/C24H22N2O2/c27-22-9-1-2-14-26(22)19-7-4-6-18(15-19)25-24(28)21-13-12-17-11-10-16-5-3-8-20(21)23(16)17/h3-8,12-13,15H,1-2,9-11,14H2,(H,25,28). The van der Waals surface area contributed by atoms with Crippen LogP contribution < -0.4 is 10.2 Å². The first-order valence-electron chi connectivity index (χ1n) is 9.96. The molecule has 0 atom stereocenters. The second kappa shape index (κ2) is 6.79. The van der Waals surface area contributed by atoms with E-state index in [1.807, 2.05) is 47.4 Å². The van der Waals surface area contributed by atoms with Gasteiger partial charge in [0.1, 0.15) is 0 Å². The van der Waals surface area contributed by atoms with Gasteiger partial charge >= 0.3 is 0 Å². The zero-order valence-corrected chi connectivity index (χ0v) is 15.7. The van der Waals surface area contributed by atoms with Gasteiger partial charge in [-0.2, -0.15) is 0 Å². The summed E-state index contributed by atoms with van der Waals surface area (Å²) in [4.78, 5) is 27.1. The Kier molecular flexibility index (Phi) is 4.12. The number of hydrogen-bond donors (Lipinski definition) is 1. The van der Waals surface area contributed by atoms with Crippen LogP contribution in [-0.4, -0.2) is 18.4 Å². The molecule has 4 nitrogen and oxygen atoms in total. The Hall–Kier alpha value is -3.14. The largest absolute Gasteiger partial charge is 0.322 e. The highest BCUT2D eigenvalue weighted by molar-refractivity contribution is 6.14. The van der Waals surface area contributed by atoms with Crippen molar-refractivity contribution in [3.63, 3.8) is 0 Å². The molecular formula is C24H22N2O2. The highest BCUT2D eigenvalue weighted by atomic mass is 16.2. The van der Waals surface area contributed by atoms with E-state index in [1.54, 1.807) is 0 Å². The molecule has 1 aliphatic carbocycles. The molecule has 1 heterocycles. The average Bonchev–Trinajstić information content (AvgIpc) is 3.14. The van der Waals surface area contributed by atoms with Crippen LogP contribution in [0.2, 0.25) is 0 Å². The summed E-state index contributed by atoms with van der Waals surface area (Å²) < 4.78 is 0. The van der Waals surface area contributed by atoms with Crippen molar-refractivity contribution in [2.75, 3.05) is 16.8 Å². The molecule has 5 rings (SSSR count). The lowest BCUT2D eigenvalue weighted by Gasteiger charge is -2.27. The van der Waals surface area contributed by atoms with Gasteiger partial charge in [0.25, 0.3) is 5.91 Å². The van der Waals surface area contributed by atoms with E-state index < -0.39 is 0 Å². The molecular weight excluding hydrogens is 348 g/mol. The van der Waals surface area contributed by atoms with Gasteiger partial charge in [-0.1, -0.05) is 30.3 Å². The van der Waals surface area contributed by atoms with E-state index in [0.717, 1.165) is 43.3 Å². The number of amides is 2. The molecule has 3 aromatic carbocycles. The van der Waals surface area contributed by atoms with Crippen molar-refractivity contribution in [2.24, 2.45) is 0 Å². The molecule has 0 aromatic heterocycles. The van der Waals surface area contributed by atoms with E-state index in [-0.39, 0.29) is 11.8 Å². The van der Waals surface area contributed by atoms with E-state index in [9.17, 15) is 9.59 Å². The van der Waals surface area contributed by atoms with Gasteiger partial charge in [0, 0.05) is 29.9 Å². The lowest BCUT2D eigenvalue weighted by Crippen LogP contribution is -2.35. The third kappa shape index (κ3) is 2.85. The lowest BCUT2D eigenvalue weighted by atomic mass is 9.99. The smallest absolute Gasteiger partial charge is 0.256 e. The summed E-state index contributed by atoms with van der Waals surface area (Å²) in [5, 5.41) is 5.29. The molecule has 140 valence electrons. The molecule has 2 aliphatic rings. The second-order valence-corrected chi connectivity index (χ2v) is 7.62.